The fraction of sp³-hybridized carbons (Fsp3) is 0.292. The summed E-state index contributed by atoms with van der Waals surface area (Å²) in [6.07, 6.45) is 2.82. The van der Waals surface area contributed by atoms with E-state index in [2.05, 4.69) is 5.10 Å². The lowest BCUT2D eigenvalue weighted by Crippen LogP contribution is -2.38. The van der Waals surface area contributed by atoms with E-state index in [1.165, 1.54) is 0 Å². The lowest BCUT2D eigenvalue weighted by atomic mass is 10.1. The number of nitrogens with zero attached hydrogens (tertiary/aromatic N) is 3. The van der Waals surface area contributed by atoms with E-state index in [-0.39, 0.29) is 5.91 Å². The van der Waals surface area contributed by atoms with Gasteiger partial charge in [-0.15, -0.1) is 0 Å². The molecule has 2 aromatic carbocycles. The fourth-order valence-corrected chi connectivity index (χ4v) is 3.63. The minimum atomic E-state index is -0.832. The number of hydrogen-bond acceptors (Lipinski definition) is 4. The predicted molar refractivity (Wildman–Crippen MR) is 114 cm³/mol. The average molecular weight is 403 g/mol. The summed E-state index contributed by atoms with van der Waals surface area (Å²) in [4.78, 5) is 27.3. The standard InChI is InChI=1S/C24H25N3O3/c1-17-10-12-19(13-11-17)22-21(16-27(25-22)20-8-4-3-5-9-20)24(29)30-18(2)23(28)26-14-6-7-15-26/h3-5,8-13,16,18H,6-7,14-15H2,1-2H3/t18-/m1/s1. The normalized spacial score (nSPS) is 14.5. The van der Waals surface area contributed by atoms with Crippen molar-refractivity contribution in [1.82, 2.24) is 14.7 Å². The molecular weight excluding hydrogens is 378 g/mol. The first kappa shape index (κ1) is 19.9. The SMILES string of the molecule is Cc1ccc(-c2nn(-c3ccccc3)cc2C(=O)O[C@H](C)C(=O)N2CCCC2)cc1. The molecule has 0 radical (unpaired) electrons. The predicted octanol–water partition coefficient (Wildman–Crippen LogP) is 4.02. The summed E-state index contributed by atoms with van der Waals surface area (Å²) >= 11 is 0. The van der Waals surface area contributed by atoms with Crippen LogP contribution in [0.2, 0.25) is 0 Å². The molecule has 1 amide bonds. The Morgan fingerprint density at radius 3 is 2.33 bits per heavy atom. The molecule has 1 aromatic heterocycles. The van der Waals surface area contributed by atoms with Crippen LogP contribution in [0.4, 0.5) is 0 Å². The van der Waals surface area contributed by atoms with Crippen LogP contribution in [0.25, 0.3) is 16.9 Å². The van der Waals surface area contributed by atoms with Gasteiger partial charge in [-0.25, -0.2) is 9.48 Å². The molecular formula is C24H25N3O3. The number of carbonyl (C=O) groups excluding carboxylic acids is 2. The largest absolute Gasteiger partial charge is 0.449 e. The lowest BCUT2D eigenvalue weighted by molar-refractivity contribution is -0.138. The summed E-state index contributed by atoms with van der Waals surface area (Å²) in [5.74, 6) is -0.694. The second-order valence-electron chi connectivity index (χ2n) is 7.62. The van der Waals surface area contributed by atoms with E-state index >= 15 is 0 Å². The van der Waals surface area contributed by atoms with Crippen LogP contribution in [0.5, 0.6) is 0 Å². The summed E-state index contributed by atoms with van der Waals surface area (Å²) in [5, 5.41) is 4.65. The topological polar surface area (TPSA) is 64.4 Å². The van der Waals surface area contributed by atoms with E-state index in [4.69, 9.17) is 4.74 Å². The van der Waals surface area contributed by atoms with Crippen LogP contribution in [0.3, 0.4) is 0 Å². The Morgan fingerprint density at radius 2 is 1.67 bits per heavy atom. The van der Waals surface area contributed by atoms with Gasteiger partial charge in [-0.3, -0.25) is 4.79 Å². The van der Waals surface area contributed by atoms with Gasteiger partial charge in [-0.1, -0.05) is 48.0 Å². The molecule has 1 aliphatic heterocycles. The van der Waals surface area contributed by atoms with E-state index in [1.807, 2.05) is 61.5 Å². The van der Waals surface area contributed by atoms with Crippen molar-refractivity contribution in [2.45, 2.75) is 32.8 Å². The van der Waals surface area contributed by atoms with Crippen molar-refractivity contribution in [1.29, 1.82) is 0 Å². The van der Waals surface area contributed by atoms with Crippen molar-refractivity contribution in [2.24, 2.45) is 0 Å². The molecule has 1 saturated heterocycles. The zero-order chi connectivity index (χ0) is 21.1. The van der Waals surface area contributed by atoms with E-state index in [0.717, 1.165) is 42.7 Å². The van der Waals surface area contributed by atoms with Gasteiger partial charge in [0.15, 0.2) is 6.10 Å². The van der Waals surface area contributed by atoms with Crippen LogP contribution >= 0.6 is 0 Å². The van der Waals surface area contributed by atoms with Gasteiger partial charge in [0.1, 0.15) is 11.3 Å². The number of hydrogen-bond donors (Lipinski definition) is 0. The summed E-state index contributed by atoms with van der Waals surface area (Å²) in [7, 11) is 0. The van der Waals surface area contributed by atoms with Gasteiger partial charge in [-0.05, 0) is 38.8 Å². The van der Waals surface area contributed by atoms with E-state index in [1.54, 1.807) is 22.7 Å². The highest BCUT2D eigenvalue weighted by molar-refractivity contribution is 5.97. The molecule has 0 unspecified atom stereocenters. The third-order valence-corrected chi connectivity index (χ3v) is 5.33. The number of rotatable bonds is 5. The Bertz CT molecular complexity index is 1040. The maximum atomic E-state index is 13.0. The number of likely N-dealkylation sites (tertiary alicyclic amines) is 1. The first-order valence-electron chi connectivity index (χ1n) is 10.2. The van der Waals surface area contributed by atoms with Crippen LogP contribution in [-0.4, -0.2) is 45.8 Å². The highest BCUT2D eigenvalue weighted by Gasteiger charge is 2.28. The Labute approximate surface area is 176 Å². The van der Waals surface area contributed by atoms with Crippen molar-refractivity contribution < 1.29 is 14.3 Å². The molecule has 0 aliphatic carbocycles. The summed E-state index contributed by atoms with van der Waals surface area (Å²) in [6, 6.07) is 17.4. The second-order valence-corrected chi connectivity index (χ2v) is 7.62. The molecule has 30 heavy (non-hydrogen) atoms. The van der Waals surface area contributed by atoms with Crippen molar-refractivity contribution in [3.8, 4) is 16.9 Å². The summed E-state index contributed by atoms with van der Waals surface area (Å²) in [6.45, 7) is 5.08. The quantitative estimate of drug-likeness (QED) is 0.604. The van der Waals surface area contributed by atoms with Crippen molar-refractivity contribution in [3.05, 3.63) is 71.9 Å². The molecule has 1 aliphatic rings. The van der Waals surface area contributed by atoms with Crippen LogP contribution in [-0.2, 0) is 9.53 Å². The van der Waals surface area contributed by atoms with Gasteiger partial charge in [0.2, 0.25) is 0 Å². The van der Waals surface area contributed by atoms with Crippen LogP contribution in [0.15, 0.2) is 60.8 Å². The Kier molecular flexibility index (Phi) is 5.65. The van der Waals surface area contributed by atoms with Gasteiger partial charge < -0.3 is 9.64 Å². The average Bonchev–Trinajstić information content (AvgIpc) is 3.45. The molecule has 6 nitrogen and oxygen atoms in total. The van der Waals surface area contributed by atoms with Crippen molar-refractivity contribution >= 4 is 11.9 Å². The Balaban J connectivity index is 1.64. The van der Waals surface area contributed by atoms with E-state index in [9.17, 15) is 9.59 Å². The van der Waals surface area contributed by atoms with Crippen LogP contribution < -0.4 is 0 Å². The number of aromatic nitrogens is 2. The number of aryl methyl sites for hydroxylation is 1. The number of benzene rings is 2. The Hall–Kier alpha value is -3.41. The molecule has 0 N–H and O–H groups in total. The molecule has 1 atom stereocenters. The number of para-hydroxylation sites is 1. The van der Waals surface area contributed by atoms with Gasteiger partial charge in [0, 0.05) is 24.8 Å². The fourth-order valence-electron chi connectivity index (χ4n) is 3.63. The third-order valence-electron chi connectivity index (χ3n) is 5.33. The number of ether oxygens (including phenoxy) is 1. The lowest BCUT2D eigenvalue weighted by Gasteiger charge is -2.20. The molecule has 2 heterocycles. The molecule has 154 valence electrons. The number of esters is 1. The highest BCUT2D eigenvalue weighted by atomic mass is 16.5. The number of carbonyl (C=O) groups is 2. The second kappa shape index (κ2) is 8.53. The molecule has 0 saturated carbocycles. The Morgan fingerprint density at radius 1 is 1.00 bits per heavy atom. The van der Waals surface area contributed by atoms with Crippen LogP contribution in [0.1, 0.15) is 35.7 Å². The molecule has 0 spiro atoms. The summed E-state index contributed by atoms with van der Waals surface area (Å²) in [5.41, 5.74) is 3.65. The van der Waals surface area contributed by atoms with Crippen LogP contribution in [0, 0.1) is 6.92 Å². The van der Waals surface area contributed by atoms with Crippen molar-refractivity contribution in [3.63, 3.8) is 0 Å². The highest BCUT2D eigenvalue weighted by Crippen LogP contribution is 2.25. The van der Waals surface area contributed by atoms with Gasteiger partial charge in [-0.2, -0.15) is 5.10 Å². The minimum absolute atomic E-state index is 0.145. The minimum Gasteiger partial charge on any atom is -0.449 e. The first-order chi connectivity index (χ1) is 14.5. The maximum absolute atomic E-state index is 13.0. The molecule has 3 aromatic rings. The monoisotopic (exact) mass is 403 g/mol. The first-order valence-corrected chi connectivity index (χ1v) is 10.2. The van der Waals surface area contributed by atoms with Gasteiger partial charge in [0.25, 0.3) is 5.91 Å². The third kappa shape index (κ3) is 4.13. The zero-order valence-electron chi connectivity index (χ0n) is 17.2. The number of amides is 1. The maximum Gasteiger partial charge on any atom is 0.342 e. The van der Waals surface area contributed by atoms with Gasteiger partial charge >= 0.3 is 5.97 Å². The molecule has 1 fully saturated rings. The smallest absolute Gasteiger partial charge is 0.342 e. The van der Waals surface area contributed by atoms with Crippen molar-refractivity contribution in [2.75, 3.05) is 13.1 Å². The molecule has 6 heteroatoms. The zero-order valence-corrected chi connectivity index (χ0v) is 17.2. The summed E-state index contributed by atoms with van der Waals surface area (Å²) < 4.78 is 7.23. The molecule has 0 bridgehead atoms. The van der Waals surface area contributed by atoms with E-state index < -0.39 is 12.1 Å². The van der Waals surface area contributed by atoms with E-state index in [0.29, 0.717) is 11.3 Å². The molecule has 4 rings (SSSR count). The van der Waals surface area contributed by atoms with Gasteiger partial charge in [0.05, 0.1) is 5.69 Å².